The topological polar surface area (TPSA) is 26.3 Å². The van der Waals surface area contributed by atoms with E-state index in [1.54, 1.807) is 0 Å². The Morgan fingerprint density at radius 2 is 1.12 bits per heavy atom. The van der Waals surface area contributed by atoms with Gasteiger partial charge in [-0.25, -0.2) is 4.79 Å². The van der Waals surface area contributed by atoms with Crippen LogP contribution in [0, 0.1) is 0 Å². The number of hydrogen-bond acceptors (Lipinski definition) is 2. The van der Waals surface area contributed by atoms with Crippen LogP contribution in [0.3, 0.4) is 0 Å². The third kappa shape index (κ3) is 3.30. The first-order valence-electron chi connectivity index (χ1n) is 8.93. The lowest BCUT2D eigenvalue weighted by molar-refractivity contribution is -0.142. The van der Waals surface area contributed by atoms with Crippen LogP contribution in [0.25, 0.3) is 0 Å². The predicted molar refractivity (Wildman–Crippen MR) is 111 cm³/mol. The summed E-state index contributed by atoms with van der Waals surface area (Å²) >= 11 is 0. The Hall–Kier alpha value is -2.44. The van der Waals surface area contributed by atoms with Gasteiger partial charge in [0.05, 0.1) is 6.61 Å². The minimum absolute atomic E-state index is 0.141. The van der Waals surface area contributed by atoms with Gasteiger partial charge in [-0.2, -0.15) is 0 Å². The van der Waals surface area contributed by atoms with Gasteiger partial charge in [0.15, 0.2) is 5.66 Å². The average molecular weight is 363 g/mol. The van der Waals surface area contributed by atoms with E-state index >= 15 is 0 Å². The summed E-state index contributed by atoms with van der Waals surface area (Å²) in [5.74, 6) is -0.141. The summed E-state index contributed by atoms with van der Waals surface area (Å²) in [6.45, 7) is 4.26. The first-order valence-corrected chi connectivity index (χ1v) is 10.8. The second-order valence-corrected chi connectivity index (χ2v) is 9.93. The van der Waals surface area contributed by atoms with Gasteiger partial charge < -0.3 is 4.74 Å². The van der Waals surface area contributed by atoms with Crippen LogP contribution in [0.5, 0.6) is 0 Å². The molecule has 0 aliphatic carbocycles. The number of ether oxygens (including phenoxy) is 1. The Morgan fingerprint density at radius 3 is 1.42 bits per heavy atom. The maximum atomic E-state index is 12.9. The van der Waals surface area contributed by atoms with Crippen molar-refractivity contribution in [3.63, 3.8) is 0 Å². The molecule has 0 radical (unpaired) electrons. The van der Waals surface area contributed by atoms with Gasteiger partial charge in [-0.15, -0.1) is 0 Å². The van der Waals surface area contributed by atoms with E-state index in [9.17, 15) is 4.79 Å². The van der Waals surface area contributed by atoms with Crippen LogP contribution in [0.2, 0.25) is 0 Å². The molecule has 2 nitrogen and oxygen atoms in total. The summed E-state index contributed by atoms with van der Waals surface area (Å²) in [5, 5.41) is 3.58. The third-order valence-electron chi connectivity index (χ3n) is 4.70. The molecule has 0 spiro atoms. The lowest BCUT2D eigenvalue weighted by Gasteiger charge is -2.31. The summed E-state index contributed by atoms with van der Waals surface area (Å²) in [6.07, 6.45) is 0. The van der Waals surface area contributed by atoms with Crippen molar-refractivity contribution in [2.45, 2.75) is 19.5 Å². The molecule has 0 aromatic heterocycles. The SMILES string of the molecule is CCOC(=O)C(C)[P+](c1ccccc1)(c1ccccc1)c1ccccc1. The number of hydrogen-bond donors (Lipinski definition) is 0. The van der Waals surface area contributed by atoms with E-state index in [0.717, 1.165) is 0 Å². The highest BCUT2D eigenvalue weighted by Crippen LogP contribution is 2.59. The number of carbonyl (C=O) groups excluding carboxylic acids is 1. The highest BCUT2D eigenvalue weighted by molar-refractivity contribution is 7.96. The van der Waals surface area contributed by atoms with E-state index in [1.165, 1.54) is 15.9 Å². The molecule has 3 aromatic rings. The average Bonchev–Trinajstić information content (AvgIpc) is 2.71. The second kappa shape index (κ2) is 8.29. The van der Waals surface area contributed by atoms with Gasteiger partial charge in [0.1, 0.15) is 23.2 Å². The van der Waals surface area contributed by atoms with Crippen LogP contribution in [0.15, 0.2) is 91.0 Å². The van der Waals surface area contributed by atoms with Gasteiger partial charge >= 0.3 is 5.97 Å². The van der Waals surface area contributed by atoms with Crippen LogP contribution in [0.4, 0.5) is 0 Å². The largest absolute Gasteiger partial charge is 0.463 e. The number of benzene rings is 3. The Morgan fingerprint density at radius 1 is 0.769 bits per heavy atom. The first-order chi connectivity index (χ1) is 12.7. The Balaban J connectivity index is 2.33. The molecule has 3 heteroatoms. The molecule has 26 heavy (non-hydrogen) atoms. The quantitative estimate of drug-likeness (QED) is 0.490. The molecule has 132 valence electrons. The van der Waals surface area contributed by atoms with Crippen molar-refractivity contribution < 1.29 is 9.53 Å². The first kappa shape index (κ1) is 18.4. The van der Waals surface area contributed by atoms with Crippen LogP contribution in [-0.2, 0) is 9.53 Å². The van der Waals surface area contributed by atoms with Crippen molar-refractivity contribution in [2.75, 3.05) is 6.61 Å². The lowest BCUT2D eigenvalue weighted by atomic mass is 10.3. The van der Waals surface area contributed by atoms with Gasteiger partial charge in [0, 0.05) is 0 Å². The Kier molecular flexibility index (Phi) is 5.85. The smallest absolute Gasteiger partial charge is 0.347 e. The maximum Gasteiger partial charge on any atom is 0.347 e. The number of rotatable bonds is 6. The molecule has 0 heterocycles. The molecular formula is C23H24O2P+. The van der Waals surface area contributed by atoms with Crippen molar-refractivity contribution >= 4 is 29.1 Å². The molecule has 0 saturated heterocycles. The van der Waals surface area contributed by atoms with E-state index in [0.29, 0.717) is 6.61 Å². The fraction of sp³-hybridized carbons (Fsp3) is 0.174. The summed E-state index contributed by atoms with van der Waals surface area (Å²) < 4.78 is 5.46. The molecule has 1 unspecified atom stereocenters. The molecule has 0 bridgehead atoms. The zero-order chi connectivity index (χ0) is 18.4. The zero-order valence-corrected chi connectivity index (χ0v) is 16.1. The van der Waals surface area contributed by atoms with Crippen LogP contribution in [-0.4, -0.2) is 18.2 Å². The molecule has 0 aliphatic rings. The molecule has 0 saturated carbocycles. The van der Waals surface area contributed by atoms with E-state index in [4.69, 9.17) is 4.74 Å². The van der Waals surface area contributed by atoms with E-state index in [-0.39, 0.29) is 11.6 Å². The third-order valence-corrected chi connectivity index (χ3v) is 9.41. The van der Waals surface area contributed by atoms with Gasteiger partial charge in [-0.1, -0.05) is 54.6 Å². The van der Waals surface area contributed by atoms with Crippen LogP contribution < -0.4 is 15.9 Å². The van der Waals surface area contributed by atoms with Crippen molar-refractivity contribution in [1.29, 1.82) is 0 Å². The van der Waals surface area contributed by atoms with E-state index in [2.05, 4.69) is 36.4 Å². The summed E-state index contributed by atoms with van der Waals surface area (Å²) in [4.78, 5) is 12.9. The van der Waals surface area contributed by atoms with E-state index < -0.39 is 7.26 Å². The van der Waals surface area contributed by atoms with Crippen LogP contribution in [0.1, 0.15) is 13.8 Å². The molecular weight excluding hydrogens is 339 g/mol. The molecule has 3 aromatic carbocycles. The summed E-state index contributed by atoms with van der Waals surface area (Å²) in [5.41, 5.74) is -0.269. The number of esters is 1. The molecule has 0 N–H and O–H groups in total. The molecule has 0 amide bonds. The van der Waals surface area contributed by atoms with Gasteiger partial charge in [-0.3, -0.25) is 0 Å². The minimum Gasteiger partial charge on any atom is -0.463 e. The monoisotopic (exact) mass is 363 g/mol. The fourth-order valence-electron chi connectivity index (χ4n) is 3.53. The van der Waals surface area contributed by atoms with Gasteiger partial charge in [-0.05, 0) is 50.2 Å². The predicted octanol–water partition coefficient (Wildman–Crippen LogP) is 3.93. The summed E-state index contributed by atoms with van der Waals surface area (Å²) in [6, 6.07) is 31.2. The molecule has 3 rings (SSSR count). The molecule has 0 aliphatic heterocycles. The molecule has 0 fully saturated rings. The van der Waals surface area contributed by atoms with Crippen molar-refractivity contribution in [1.82, 2.24) is 0 Å². The normalized spacial score (nSPS) is 12.4. The minimum atomic E-state index is -2.20. The van der Waals surface area contributed by atoms with Gasteiger partial charge in [0.25, 0.3) is 0 Å². The van der Waals surface area contributed by atoms with Crippen molar-refractivity contribution in [2.24, 2.45) is 0 Å². The van der Waals surface area contributed by atoms with Crippen molar-refractivity contribution in [3.05, 3.63) is 91.0 Å². The standard InChI is InChI=1S/C23H24O2P/c1-3-25-23(24)19(2)26(20-13-7-4-8-14-20,21-15-9-5-10-16-21)22-17-11-6-12-18-22/h4-19H,3H2,1-2H3/q+1. The lowest BCUT2D eigenvalue weighted by Crippen LogP contribution is -2.41. The zero-order valence-electron chi connectivity index (χ0n) is 15.2. The maximum absolute atomic E-state index is 12.9. The van der Waals surface area contributed by atoms with Crippen molar-refractivity contribution in [3.8, 4) is 0 Å². The van der Waals surface area contributed by atoms with E-state index in [1.807, 2.05) is 68.4 Å². The van der Waals surface area contributed by atoms with Crippen LogP contribution >= 0.6 is 7.26 Å². The second-order valence-electron chi connectivity index (χ2n) is 6.16. The Bertz CT molecular complexity index is 735. The summed E-state index contributed by atoms with van der Waals surface area (Å²) in [7, 11) is -2.20. The molecule has 1 atom stereocenters. The highest BCUT2D eigenvalue weighted by atomic mass is 31.2. The Labute approximate surface area is 156 Å². The highest BCUT2D eigenvalue weighted by Gasteiger charge is 2.54. The fourth-order valence-corrected chi connectivity index (χ4v) is 8.08. The number of carbonyl (C=O) groups is 1. The van der Waals surface area contributed by atoms with Gasteiger partial charge in [0.2, 0.25) is 0 Å².